The Balaban J connectivity index is 1.56. The smallest absolute Gasteiger partial charge is 0.261 e. The quantitative estimate of drug-likeness (QED) is 0.572. The Morgan fingerprint density at radius 3 is 2.64 bits per heavy atom. The normalized spacial score (nSPS) is 15.2. The number of aromatic nitrogens is 1. The van der Waals surface area contributed by atoms with Gasteiger partial charge in [0, 0.05) is 29.1 Å². The highest BCUT2D eigenvalue weighted by Crippen LogP contribution is 2.33. The van der Waals surface area contributed by atoms with Gasteiger partial charge in [-0.25, -0.2) is 4.39 Å². The Labute approximate surface area is 167 Å². The van der Waals surface area contributed by atoms with Crippen LogP contribution >= 0.6 is 11.8 Å². The largest absolute Gasteiger partial charge is 0.352 e. The van der Waals surface area contributed by atoms with Gasteiger partial charge in [0.2, 0.25) is 0 Å². The number of ketones is 1. The van der Waals surface area contributed by atoms with Gasteiger partial charge < -0.3 is 10.3 Å². The van der Waals surface area contributed by atoms with Crippen molar-refractivity contribution in [3.05, 3.63) is 63.3 Å². The topological polar surface area (TPSA) is 79.0 Å². The van der Waals surface area contributed by atoms with E-state index in [1.807, 2.05) is 13.8 Å². The fraction of sp³-hybridized carbons (Fsp3) is 0.381. The molecule has 28 heavy (non-hydrogen) atoms. The number of pyridine rings is 1. The van der Waals surface area contributed by atoms with Crippen LogP contribution < -0.4 is 10.9 Å². The highest BCUT2D eigenvalue weighted by Gasteiger charge is 2.32. The SMILES string of the molecule is CC1(C)CC(=O)c2cc(C(=O)NCCCSc3ccc(F)cc3)c(=O)[nH]c2C1. The van der Waals surface area contributed by atoms with E-state index in [1.54, 1.807) is 23.9 Å². The molecule has 1 aromatic carbocycles. The molecule has 0 bridgehead atoms. The molecule has 0 saturated carbocycles. The number of nitrogens with one attached hydrogen (secondary N) is 2. The molecule has 1 aliphatic carbocycles. The summed E-state index contributed by atoms with van der Waals surface area (Å²) in [5.41, 5.74) is 0.355. The summed E-state index contributed by atoms with van der Waals surface area (Å²) in [5.74, 6) is -0.0466. The second-order valence-corrected chi connectivity index (χ2v) is 8.93. The van der Waals surface area contributed by atoms with E-state index in [1.165, 1.54) is 18.2 Å². The minimum atomic E-state index is -0.478. The number of carbonyl (C=O) groups excluding carboxylic acids is 2. The zero-order valence-electron chi connectivity index (χ0n) is 15.9. The Morgan fingerprint density at radius 2 is 1.93 bits per heavy atom. The molecule has 2 aromatic rings. The van der Waals surface area contributed by atoms with E-state index in [0.29, 0.717) is 37.1 Å². The maximum atomic E-state index is 12.9. The van der Waals surface area contributed by atoms with Gasteiger partial charge in [0.05, 0.1) is 0 Å². The van der Waals surface area contributed by atoms with Crippen molar-refractivity contribution in [1.29, 1.82) is 0 Å². The lowest BCUT2D eigenvalue weighted by Gasteiger charge is -2.29. The van der Waals surface area contributed by atoms with Crippen molar-refractivity contribution in [2.24, 2.45) is 5.41 Å². The van der Waals surface area contributed by atoms with Crippen LogP contribution in [0.4, 0.5) is 4.39 Å². The number of H-pyrrole nitrogens is 1. The fourth-order valence-electron chi connectivity index (χ4n) is 3.29. The number of fused-ring (bicyclic) bond motifs is 1. The molecule has 1 aliphatic rings. The van der Waals surface area contributed by atoms with Crippen molar-refractivity contribution >= 4 is 23.5 Å². The number of carbonyl (C=O) groups is 2. The van der Waals surface area contributed by atoms with E-state index < -0.39 is 11.5 Å². The van der Waals surface area contributed by atoms with Crippen molar-refractivity contribution in [3.63, 3.8) is 0 Å². The van der Waals surface area contributed by atoms with Crippen molar-refractivity contribution in [2.75, 3.05) is 12.3 Å². The lowest BCUT2D eigenvalue weighted by atomic mass is 9.75. The van der Waals surface area contributed by atoms with Crippen LogP contribution in [0.5, 0.6) is 0 Å². The fourth-order valence-corrected chi connectivity index (χ4v) is 4.14. The van der Waals surface area contributed by atoms with Gasteiger partial charge >= 0.3 is 0 Å². The number of Topliss-reactive ketones (excluding diaryl/α,β-unsaturated/α-hetero) is 1. The number of benzene rings is 1. The summed E-state index contributed by atoms with van der Waals surface area (Å²) < 4.78 is 12.9. The predicted molar refractivity (Wildman–Crippen MR) is 108 cm³/mol. The third kappa shape index (κ3) is 4.90. The van der Waals surface area contributed by atoms with Crippen LogP contribution in [0.15, 0.2) is 40.0 Å². The van der Waals surface area contributed by atoms with E-state index in [2.05, 4.69) is 10.3 Å². The van der Waals surface area contributed by atoms with Gasteiger partial charge in [-0.1, -0.05) is 13.8 Å². The molecule has 148 valence electrons. The standard InChI is InChI=1S/C21H23FN2O3S/c1-21(2)11-17-15(18(25)12-21)10-16(20(27)24-17)19(26)23-8-3-9-28-14-6-4-13(22)5-7-14/h4-7,10H,3,8-9,11-12H2,1-2H3,(H,23,26)(H,24,27). The maximum Gasteiger partial charge on any atom is 0.261 e. The minimum absolute atomic E-state index is 0.0296. The third-order valence-corrected chi connectivity index (χ3v) is 5.75. The second-order valence-electron chi connectivity index (χ2n) is 7.76. The van der Waals surface area contributed by atoms with E-state index >= 15 is 0 Å². The molecule has 0 atom stereocenters. The second kappa shape index (κ2) is 8.31. The molecular formula is C21H23FN2O3S. The van der Waals surface area contributed by atoms with Gasteiger partial charge in [-0.05, 0) is 54.3 Å². The van der Waals surface area contributed by atoms with Gasteiger partial charge in [0.25, 0.3) is 11.5 Å². The zero-order valence-corrected chi connectivity index (χ0v) is 16.7. The summed E-state index contributed by atoms with van der Waals surface area (Å²) in [6.07, 6.45) is 1.70. The van der Waals surface area contributed by atoms with Crippen LogP contribution in [0.3, 0.4) is 0 Å². The van der Waals surface area contributed by atoms with Gasteiger partial charge in [-0.2, -0.15) is 0 Å². The van der Waals surface area contributed by atoms with Crippen LogP contribution in [-0.4, -0.2) is 29.0 Å². The van der Waals surface area contributed by atoms with Crippen LogP contribution in [0, 0.1) is 11.2 Å². The molecule has 0 aliphatic heterocycles. The highest BCUT2D eigenvalue weighted by atomic mass is 32.2. The summed E-state index contributed by atoms with van der Waals surface area (Å²) in [5, 5.41) is 2.73. The molecule has 5 nitrogen and oxygen atoms in total. The Bertz CT molecular complexity index is 951. The van der Waals surface area contributed by atoms with Gasteiger partial charge in [-0.15, -0.1) is 11.8 Å². The van der Waals surface area contributed by atoms with E-state index in [4.69, 9.17) is 0 Å². The predicted octanol–water partition coefficient (Wildman–Crippen LogP) is 3.58. The van der Waals surface area contributed by atoms with Gasteiger partial charge in [0.15, 0.2) is 5.78 Å². The first kappa shape index (κ1) is 20.3. The summed E-state index contributed by atoms with van der Waals surface area (Å²) in [7, 11) is 0. The Kier molecular flexibility index (Phi) is 6.03. The van der Waals surface area contributed by atoms with E-state index in [0.717, 1.165) is 10.6 Å². The summed E-state index contributed by atoms with van der Waals surface area (Å²) in [6, 6.07) is 7.67. The molecule has 3 rings (SSSR count). The molecule has 1 heterocycles. The summed E-state index contributed by atoms with van der Waals surface area (Å²) in [6.45, 7) is 4.37. The number of hydrogen-bond acceptors (Lipinski definition) is 4. The van der Waals surface area contributed by atoms with Crippen LogP contribution in [-0.2, 0) is 6.42 Å². The molecule has 2 N–H and O–H groups in total. The Hall–Kier alpha value is -2.41. The van der Waals surface area contributed by atoms with Crippen molar-refractivity contribution in [1.82, 2.24) is 10.3 Å². The molecule has 0 fully saturated rings. The number of aromatic amines is 1. The average molecular weight is 402 g/mol. The van der Waals surface area contributed by atoms with Crippen LogP contribution in [0.1, 0.15) is 53.1 Å². The van der Waals surface area contributed by atoms with Gasteiger partial charge in [0.1, 0.15) is 11.4 Å². The first-order valence-corrected chi connectivity index (χ1v) is 10.2. The monoisotopic (exact) mass is 402 g/mol. The molecular weight excluding hydrogens is 379 g/mol. The lowest BCUT2D eigenvalue weighted by molar-refractivity contribution is 0.0910. The number of thioether (sulfide) groups is 1. The average Bonchev–Trinajstić information content (AvgIpc) is 2.61. The first-order valence-electron chi connectivity index (χ1n) is 9.21. The first-order chi connectivity index (χ1) is 13.2. The summed E-state index contributed by atoms with van der Waals surface area (Å²) >= 11 is 1.57. The van der Waals surface area contributed by atoms with E-state index in [9.17, 15) is 18.8 Å². The van der Waals surface area contributed by atoms with Crippen LogP contribution in [0.25, 0.3) is 0 Å². The van der Waals surface area contributed by atoms with Crippen molar-refractivity contribution in [3.8, 4) is 0 Å². The van der Waals surface area contributed by atoms with Crippen molar-refractivity contribution in [2.45, 2.75) is 38.0 Å². The molecule has 1 amide bonds. The van der Waals surface area contributed by atoms with Gasteiger partial charge in [-0.3, -0.25) is 14.4 Å². The molecule has 0 saturated heterocycles. The van der Waals surface area contributed by atoms with Crippen LogP contribution in [0.2, 0.25) is 0 Å². The molecule has 0 unspecified atom stereocenters. The summed E-state index contributed by atoms with van der Waals surface area (Å²) in [4.78, 5) is 40.7. The van der Waals surface area contributed by atoms with Crippen molar-refractivity contribution < 1.29 is 14.0 Å². The number of halogens is 1. The molecule has 7 heteroatoms. The lowest BCUT2D eigenvalue weighted by Crippen LogP contribution is -2.35. The maximum absolute atomic E-state index is 12.9. The number of hydrogen-bond donors (Lipinski definition) is 2. The number of rotatable bonds is 6. The highest BCUT2D eigenvalue weighted by molar-refractivity contribution is 7.99. The third-order valence-electron chi connectivity index (χ3n) is 4.65. The molecule has 0 spiro atoms. The zero-order chi connectivity index (χ0) is 20.3. The Morgan fingerprint density at radius 1 is 1.21 bits per heavy atom. The number of amides is 1. The molecule has 0 radical (unpaired) electrons. The minimum Gasteiger partial charge on any atom is -0.352 e. The molecule has 1 aromatic heterocycles. The van der Waals surface area contributed by atoms with E-state index in [-0.39, 0.29) is 22.6 Å².